The molecule has 2 aliphatic heterocycles. The first-order valence-corrected chi connectivity index (χ1v) is 12.6. The third kappa shape index (κ3) is 5.09. The van der Waals surface area contributed by atoms with Gasteiger partial charge in [0, 0.05) is 30.5 Å². The van der Waals surface area contributed by atoms with E-state index in [9.17, 15) is 13.2 Å². The van der Waals surface area contributed by atoms with E-state index in [0.717, 1.165) is 23.1 Å². The zero-order chi connectivity index (χ0) is 22.6. The highest BCUT2D eigenvalue weighted by molar-refractivity contribution is 7.92. The number of nitrogens with one attached hydrogen (secondary N) is 1. The van der Waals surface area contributed by atoms with Crippen molar-refractivity contribution in [1.29, 1.82) is 0 Å². The van der Waals surface area contributed by atoms with Crippen molar-refractivity contribution in [2.45, 2.75) is 26.2 Å². The molecule has 8 nitrogen and oxygen atoms in total. The highest BCUT2D eigenvalue weighted by atomic mass is 32.2. The topological polar surface area (TPSA) is 88.2 Å². The first kappa shape index (κ1) is 22.3. The van der Waals surface area contributed by atoms with Crippen molar-refractivity contribution in [2.75, 3.05) is 53.1 Å². The van der Waals surface area contributed by atoms with Crippen LogP contribution in [0.15, 0.2) is 42.5 Å². The largest absolute Gasteiger partial charge is 0.486 e. The van der Waals surface area contributed by atoms with Crippen molar-refractivity contribution in [3.05, 3.63) is 42.5 Å². The van der Waals surface area contributed by atoms with Crippen LogP contribution in [0.5, 0.6) is 11.5 Å². The monoisotopic (exact) mass is 459 g/mol. The molecule has 9 heteroatoms. The highest BCUT2D eigenvalue weighted by Crippen LogP contribution is 2.35. The van der Waals surface area contributed by atoms with Gasteiger partial charge in [0.1, 0.15) is 19.8 Å². The molecule has 2 aromatic rings. The van der Waals surface area contributed by atoms with Gasteiger partial charge in [0.05, 0.1) is 11.4 Å². The van der Waals surface area contributed by atoms with Crippen LogP contribution in [0.4, 0.5) is 17.1 Å². The van der Waals surface area contributed by atoms with E-state index in [4.69, 9.17) is 9.47 Å². The first-order valence-electron chi connectivity index (χ1n) is 11.0. The summed E-state index contributed by atoms with van der Waals surface area (Å²) in [6.45, 7) is 4.16. The Morgan fingerprint density at radius 3 is 2.38 bits per heavy atom. The van der Waals surface area contributed by atoms with E-state index in [1.54, 1.807) is 25.1 Å². The van der Waals surface area contributed by atoms with Gasteiger partial charge >= 0.3 is 0 Å². The molecule has 0 aromatic heterocycles. The molecule has 2 aliphatic rings. The number of ether oxygens (including phenoxy) is 2. The second-order valence-electron chi connectivity index (χ2n) is 7.88. The van der Waals surface area contributed by atoms with Crippen LogP contribution in [-0.4, -0.2) is 52.9 Å². The summed E-state index contributed by atoms with van der Waals surface area (Å²) in [5.74, 6) is 0.493. The van der Waals surface area contributed by atoms with E-state index in [-0.39, 0.29) is 12.3 Å². The minimum Gasteiger partial charge on any atom is -0.486 e. The molecular weight excluding hydrogens is 430 g/mol. The summed E-state index contributed by atoms with van der Waals surface area (Å²) in [6, 6.07) is 12.6. The van der Waals surface area contributed by atoms with Gasteiger partial charge in [-0.1, -0.05) is 0 Å². The molecular formula is C23H29N3O5S. The van der Waals surface area contributed by atoms with Gasteiger partial charge in [-0.2, -0.15) is 0 Å². The lowest BCUT2D eigenvalue weighted by molar-refractivity contribution is -0.114. The van der Waals surface area contributed by atoms with E-state index in [1.807, 2.05) is 24.3 Å². The van der Waals surface area contributed by atoms with Crippen molar-refractivity contribution < 1.29 is 22.7 Å². The van der Waals surface area contributed by atoms with Crippen LogP contribution in [0, 0.1) is 0 Å². The third-order valence-electron chi connectivity index (χ3n) is 5.67. The van der Waals surface area contributed by atoms with Crippen LogP contribution in [0.3, 0.4) is 0 Å². The Bertz CT molecular complexity index is 1050. The first-order chi connectivity index (χ1) is 15.5. The fourth-order valence-electron chi connectivity index (χ4n) is 3.93. The second-order valence-corrected chi connectivity index (χ2v) is 10.1. The molecule has 1 amide bonds. The van der Waals surface area contributed by atoms with E-state index < -0.39 is 15.9 Å². The van der Waals surface area contributed by atoms with Crippen LogP contribution in [-0.2, 0) is 14.8 Å². The molecule has 1 saturated heterocycles. The van der Waals surface area contributed by atoms with Gasteiger partial charge in [0.2, 0.25) is 15.9 Å². The van der Waals surface area contributed by atoms with E-state index in [2.05, 4.69) is 10.2 Å². The fourth-order valence-corrected chi connectivity index (χ4v) is 4.99. The number of amides is 1. The summed E-state index contributed by atoms with van der Waals surface area (Å²) in [5.41, 5.74) is 2.13. The van der Waals surface area contributed by atoms with Gasteiger partial charge in [-0.15, -0.1) is 0 Å². The lowest BCUT2D eigenvalue weighted by atomic mass is 10.1. The molecule has 0 atom stereocenters. The normalized spacial score (nSPS) is 15.8. The number of hydrogen-bond acceptors (Lipinski definition) is 6. The zero-order valence-corrected chi connectivity index (χ0v) is 19.1. The van der Waals surface area contributed by atoms with Crippen molar-refractivity contribution in [3.63, 3.8) is 0 Å². The van der Waals surface area contributed by atoms with Crippen molar-refractivity contribution in [1.82, 2.24) is 0 Å². The minimum absolute atomic E-state index is 0.126. The molecule has 0 aliphatic carbocycles. The number of carbonyl (C=O) groups is 1. The standard InChI is InChI=1S/C23H29N3O5S/c1-2-32(28,29)26(20-10-11-21-22(16-20)31-15-14-30-21)17-23(27)24-18-6-8-19(9-7-18)25-12-4-3-5-13-25/h6-11,16H,2-5,12-15,17H2,1H3,(H,24,27). The predicted molar refractivity (Wildman–Crippen MR) is 125 cm³/mol. The number of nitrogens with zero attached hydrogens (tertiary/aromatic N) is 2. The second kappa shape index (κ2) is 9.68. The fraction of sp³-hybridized carbons (Fsp3) is 0.435. The van der Waals surface area contributed by atoms with Crippen LogP contribution in [0.1, 0.15) is 26.2 Å². The van der Waals surface area contributed by atoms with E-state index in [1.165, 1.54) is 19.3 Å². The average molecular weight is 460 g/mol. The van der Waals surface area contributed by atoms with Crippen molar-refractivity contribution >= 4 is 33.0 Å². The van der Waals surface area contributed by atoms with Gasteiger partial charge in [-0.25, -0.2) is 8.42 Å². The highest BCUT2D eigenvalue weighted by Gasteiger charge is 2.25. The van der Waals surface area contributed by atoms with Crippen molar-refractivity contribution in [3.8, 4) is 11.5 Å². The van der Waals surface area contributed by atoms with Gasteiger partial charge in [0.15, 0.2) is 11.5 Å². The summed E-state index contributed by atoms with van der Waals surface area (Å²) >= 11 is 0. The number of anilines is 3. The third-order valence-corrected chi connectivity index (χ3v) is 7.41. The van der Waals surface area contributed by atoms with E-state index in [0.29, 0.717) is 36.1 Å². The summed E-state index contributed by atoms with van der Waals surface area (Å²) in [4.78, 5) is 15.1. The van der Waals surface area contributed by atoms with Crippen LogP contribution in [0.25, 0.3) is 0 Å². The molecule has 0 unspecified atom stereocenters. The summed E-state index contributed by atoms with van der Waals surface area (Å²) in [7, 11) is -3.68. The maximum Gasteiger partial charge on any atom is 0.245 e. The zero-order valence-electron chi connectivity index (χ0n) is 18.2. The maximum atomic E-state index is 12.8. The Labute approximate surface area is 189 Å². The molecule has 1 N–H and O–H groups in total. The quantitative estimate of drug-likeness (QED) is 0.684. The smallest absolute Gasteiger partial charge is 0.245 e. The molecule has 32 heavy (non-hydrogen) atoms. The van der Waals surface area contributed by atoms with Gasteiger partial charge in [-0.3, -0.25) is 9.10 Å². The van der Waals surface area contributed by atoms with Crippen LogP contribution >= 0.6 is 0 Å². The summed E-state index contributed by atoms with van der Waals surface area (Å²) < 4.78 is 37.7. The lowest BCUT2D eigenvalue weighted by Gasteiger charge is -2.29. The van der Waals surface area contributed by atoms with Crippen LogP contribution < -0.4 is 24.0 Å². The number of carbonyl (C=O) groups excluding carboxylic acids is 1. The maximum absolute atomic E-state index is 12.8. The van der Waals surface area contributed by atoms with Crippen molar-refractivity contribution in [2.24, 2.45) is 0 Å². The average Bonchev–Trinajstić information content (AvgIpc) is 2.83. The lowest BCUT2D eigenvalue weighted by Crippen LogP contribution is -2.39. The summed E-state index contributed by atoms with van der Waals surface area (Å²) in [6.07, 6.45) is 3.66. The number of sulfonamides is 1. The number of piperidine rings is 1. The molecule has 1 fully saturated rings. The molecule has 0 radical (unpaired) electrons. The molecule has 0 spiro atoms. The molecule has 4 rings (SSSR count). The Balaban J connectivity index is 1.47. The summed E-state index contributed by atoms with van der Waals surface area (Å²) in [5, 5.41) is 2.81. The minimum atomic E-state index is -3.68. The Morgan fingerprint density at radius 2 is 1.69 bits per heavy atom. The predicted octanol–water partition coefficient (Wildman–Crippen LogP) is 3.24. The molecule has 0 bridgehead atoms. The molecule has 2 aromatic carbocycles. The Hall–Kier alpha value is -2.94. The number of benzene rings is 2. The molecule has 0 saturated carbocycles. The van der Waals surface area contributed by atoms with Crippen LogP contribution in [0.2, 0.25) is 0 Å². The number of hydrogen-bond donors (Lipinski definition) is 1. The number of rotatable bonds is 7. The number of fused-ring (bicyclic) bond motifs is 1. The Kier molecular flexibility index (Phi) is 6.74. The molecule has 172 valence electrons. The SMILES string of the molecule is CCS(=O)(=O)N(CC(=O)Nc1ccc(N2CCCCC2)cc1)c1ccc2c(c1)OCCO2. The van der Waals surface area contributed by atoms with E-state index >= 15 is 0 Å². The molecule has 2 heterocycles. The Morgan fingerprint density at radius 1 is 1.00 bits per heavy atom. The van der Waals surface area contributed by atoms with Gasteiger partial charge in [-0.05, 0) is 62.6 Å². The van der Waals surface area contributed by atoms with Gasteiger partial charge < -0.3 is 19.7 Å². The van der Waals surface area contributed by atoms with Gasteiger partial charge in [0.25, 0.3) is 0 Å².